The first-order valence-corrected chi connectivity index (χ1v) is 30.4. The van der Waals surface area contributed by atoms with Crippen molar-refractivity contribution < 1.29 is 0 Å². The Morgan fingerprint density at radius 1 is 0.393 bits per heavy atom. The highest BCUT2D eigenvalue weighted by molar-refractivity contribution is 6.32. The lowest BCUT2D eigenvalue weighted by Crippen LogP contribution is -2.18. The van der Waals surface area contributed by atoms with Crippen LogP contribution in [0, 0.1) is 13.1 Å². The summed E-state index contributed by atoms with van der Waals surface area (Å²) >= 11 is 6.46. The molecule has 3 aromatic heterocycles. The van der Waals surface area contributed by atoms with Gasteiger partial charge >= 0.3 is 0 Å². The Hall–Kier alpha value is -11.1. The number of rotatable bonds is 3. The zero-order valence-electron chi connectivity index (χ0n) is 49.3. The van der Waals surface area contributed by atoms with Gasteiger partial charge in [-0.25, -0.2) is 29.6 Å². The van der Waals surface area contributed by atoms with E-state index in [1.165, 1.54) is 81.9 Å². The second kappa shape index (κ2) is 20.5. The predicted molar refractivity (Wildman–Crippen MR) is 367 cm³/mol. The molecular weight excluding hydrogens is 1110 g/mol. The third kappa shape index (κ3) is 8.53. The maximum atomic E-state index is 7.73. The van der Waals surface area contributed by atoms with Crippen molar-refractivity contribution in [1.82, 2.24) is 24.5 Å². The second-order valence-corrected chi connectivity index (χ2v) is 24.8. The molecule has 0 amide bonds. The topological polar surface area (TPSA) is 65.2 Å². The van der Waals surface area contributed by atoms with Gasteiger partial charge in [-0.05, 0) is 119 Å². The molecule has 0 aliphatic heterocycles. The van der Waals surface area contributed by atoms with Crippen LogP contribution in [0.25, 0.3) is 137 Å². The third-order valence-corrected chi connectivity index (χ3v) is 18.8. The molecule has 0 saturated carbocycles. The summed E-state index contributed by atoms with van der Waals surface area (Å²) < 4.78 is 2.33. The molecule has 3 heterocycles. The van der Waals surface area contributed by atoms with Crippen LogP contribution < -0.4 is 0 Å². The van der Waals surface area contributed by atoms with Crippen LogP contribution in [0.5, 0.6) is 0 Å². The summed E-state index contributed by atoms with van der Waals surface area (Å²) in [5, 5.41) is 12.8. The minimum atomic E-state index is -0.321. The number of hydrogen-bond acceptors (Lipinski definition) is 4. The highest BCUT2D eigenvalue weighted by Crippen LogP contribution is 2.51. The third-order valence-electron chi connectivity index (χ3n) is 18.5. The van der Waals surface area contributed by atoms with Crippen LogP contribution in [-0.2, 0) is 17.3 Å². The molecule has 3 aliphatic carbocycles. The molecule has 12 aromatic carbocycles. The van der Waals surface area contributed by atoms with Gasteiger partial charge < -0.3 is 0 Å². The smallest absolute Gasteiger partial charge is 0.187 e. The molecule has 89 heavy (non-hydrogen) atoms. The van der Waals surface area contributed by atoms with E-state index in [-0.39, 0.29) is 10.8 Å². The molecule has 420 valence electrons. The standard InChI is InChI=1S/C40H26N4.C21H14.C20H14ClN3/c1-40(2)33-18-9-8-17-31(33)36-38(40)43-39(35(42-36)27-14-10-15-28(21-27)41-3)44-34-23-26-13-5-4-12-25(26)22-32(34)30-20-19-24-11-6-7-16-29(24)37(30)44;1-2-7-16-12-20-17(11-15(16)6-1)13-21-18-8-4-3-5-14(18)9-10-19(20)21;1-20(2)15-10-5-4-9-14(15)17-18(20)24-19(21)16(23-17)12-7-6-8-13(11-12)22-3/h4-23H,1-2H3;1-12H,13H2;4-11H,1-2H3. The van der Waals surface area contributed by atoms with Gasteiger partial charge in [0, 0.05) is 38.1 Å². The van der Waals surface area contributed by atoms with E-state index in [0.717, 1.165) is 79.4 Å². The number of nitrogens with zero attached hydrogens (tertiary/aromatic N) is 7. The van der Waals surface area contributed by atoms with E-state index in [9.17, 15) is 0 Å². The van der Waals surface area contributed by atoms with Crippen LogP contribution in [0.15, 0.2) is 243 Å². The van der Waals surface area contributed by atoms with E-state index in [4.69, 9.17) is 39.7 Å². The number of hydrogen-bond donors (Lipinski definition) is 0. The molecule has 7 nitrogen and oxygen atoms in total. The van der Waals surface area contributed by atoms with Gasteiger partial charge in [-0.3, -0.25) is 4.57 Å². The predicted octanol–water partition coefficient (Wildman–Crippen LogP) is 21.6. The lowest BCUT2D eigenvalue weighted by Gasteiger charge is -2.22. The van der Waals surface area contributed by atoms with Crippen molar-refractivity contribution in [1.29, 1.82) is 0 Å². The van der Waals surface area contributed by atoms with Crippen molar-refractivity contribution >= 4 is 87.9 Å². The SMILES string of the molecule is [C-]#[N+]c1cccc(-c2nc3c(nc2-n2c4cc5ccccc5cc4c4ccc5ccccc5c42)C(C)(C)c2ccccc2-3)c1.[C-]#[N+]c1cccc(-c2nc3c(nc2Cl)C(C)(C)c2ccccc2-3)c1.c1ccc2cc3c(cc2c1)Cc1c-3ccc2ccccc12. The number of halogens is 1. The van der Waals surface area contributed by atoms with Gasteiger partial charge in [0.25, 0.3) is 0 Å². The summed E-state index contributed by atoms with van der Waals surface area (Å²) in [7, 11) is 0. The van der Waals surface area contributed by atoms with E-state index < -0.39 is 0 Å². The maximum Gasteiger partial charge on any atom is 0.187 e. The van der Waals surface area contributed by atoms with E-state index in [0.29, 0.717) is 22.2 Å². The van der Waals surface area contributed by atoms with Gasteiger partial charge in [-0.15, -0.1) is 0 Å². The normalized spacial score (nSPS) is 13.3. The van der Waals surface area contributed by atoms with Crippen LogP contribution in [-0.4, -0.2) is 24.5 Å². The minimum Gasteiger partial charge on any atom is -0.291 e. The van der Waals surface area contributed by atoms with Crippen molar-refractivity contribution in [2.45, 2.75) is 44.9 Å². The van der Waals surface area contributed by atoms with Gasteiger partial charge in [0.05, 0.1) is 47.0 Å². The molecule has 3 aliphatic rings. The van der Waals surface area contributed by atoms with Crippen molar-refractivity contribution in [2.75, 3.05) is 0 Å². The highest BCUT2D eigenvalue weighted by Gasteiger charge is 2.41. The zero-order valence-corrected chi connectivity index (χ0v) is 50.1. The van der Waals surface area contributed by atoms with E-state index in [1.807, 2.05) is 48.5 Å². The maximum absolute atomic E-state index is 7.73. The lowest BCUT2D eigenvalue weighted by molar-refractivity contribution is 0.633. The Labute approximate surface area is 520 Å². The average molecular weight is 1160 g/mol. The molecule has 0 radical (unpaired) electrons. The van der Waals surface area contributed by atoms with E-state index in [1.54, 1.807) is 12.1 Å². The fraction of sp³-hybridized carbons (Fsp3) is 0.0864. The summed E-state index contributed by atoms with van der Waals surface area (Å²) in [6.45, 7) is 23.7. The molecule has 0 spiro atoms. The van der Waals surface area contributed by atoms with Gasteiger partial charge in [0.1, 0.15) is 11.4 Å². The Bertz CT molecular complexity index is 5600. The first-order valence-electron chi connectivity index (χ1n) is 30.0. The van der Waals surface area contributed by atoms with Crippen LogP contribution in [0.1, 0.15) is 61.3 Å². The number of benzene rings is 12. The van der Waals surface area contributed by atoms with Crippen LogP contribution >= 0.6 is 11.6 Å². The largest absolute Gasteiger partial charge is 0.291 e. The Balaban J connectivity index is 0.000000119. The van der Waals surface area contributed by atoms with Crippen LogP contribution in [0.3, 0.4) is 0 Å². The molecule has 0 fully saturated rings. The second-order valence-electron chi connectivity index (χ2n) is 24.4. The average Bonchev–Trinajstić information content (AvgIpc) is 1.63. The van der Waals surface area contributed by atoms with Crippen molar-refractivity contribution in [3.8, 4) is 62.0 Å². The fourth-order valence-corrected chi connectivity index (χ4v) is 14.4. The van der Waals surface area contributed by atoms with Crippen LogP contribution in [0.2, 0.25) is 5.15 Å². The van der Waals surface area contributed by atoms with Crippen LogP contribution in [0.4, 0.5) is 11.4 Å². The molecule has 0 bridgehead atoms. The Morgan fingerprint density at radius 3 is 1.54 bits per heavy atom. The summed E-state index contributed by atoms with van der Waals surface area (Å²) in [6.07, 6.45) is 1.05. The monoisotopic (exact) mass is 1160 g/mol. The quantitative estimate of drug-likeness (QED) is 0.165. The fourth-order valence-electron chi connectivity index (χ4n) is 14.1. The molecule has 8 heteroatoms. The first-order chi connectivity index (χ1) is 43.4. The molecule has 0 saturated heterocycles. The van der Waals surface area contributed by atoms with Gasteiger partial charge in [-0.1, -0.05) is 252 Å². The molecule has 18 rings (SSSR count). The summed E-state index contributed by atoms with van der Waals surface area (Å²) in [5.41, 5.74) is 19.9. The van der Waals surface area contributed by atoms with Crippen molar-refractivity contribution in [2.24, 2.45) is 0 Å². The molecule has 0 N–H and O–H groups in total. The van der Waals surface area contributed by atoms with Gasteiger partial charge in [0.15, 0.2) is 22.3 Å². The van der Waals surface area contributed by atoms with E-state index in [2.05, 4.69) is 229 Å². The zero-order chi connectivity index (χ0) is 60.3. The lowest BCUT2D eigenvalue weighted by atomic mass is 9.85. The summed E-state index contributed by atoms with van der Waals surface area (Å²) in [6, 6.07) is 84.6. The first kappa shape index (κ1) is 53.4. The Kier molecular flexibility index (Phi) is 12.3. The molecule has 0 unspecified atom stereocenters. The van der Waals surface area contributed by atoms with Crippen molar-refractivity contribution in [3.05, 3.63) is 304 Å². The summed E-state index contributed by atoms with van der Waals surface area (Å²) in [4.78, 5) is 27.8. The molecule has 15 aromatic rings. The molecular formula is C81H54ClN7. The number of aromatic nitrogens is 5. The van der Waals surface area contributed by atoms with Gasteiger partial charge in [-0.2, -0.15) is 0 Å². The Morgan fingerprint density at radius 2 is 0.899 bits per heavy atom. The summed E-state index contributed by atoms with van der Waals surface area (Å²) in [5.74, 6) is 0.776. The number of fused-ring (bicyclic) bond motifs is 18. The van der Waals surface area contributed by atoms with Crippen molar-refractivity contribution in [3.63, 3.8) is 0 Å². The minimum absolute atomic E-state index is 0.223. The van der Waals surface area contributed by atoms with E-state index >= 15 is 0 Å². The highest BCUT2D eigenvalue weighted by atomic mass is 35.5. The molecule has 0 atom stereocenters. The van der Waals surface area contributed by atoms with Gasteiger partial charge in [0.2, 0.25) is 0 Å².